The number of benzene rings is 3. The molecule has 0 atom stereocenters. The monoisotopic (exact) mass is 474 g/mol. The summed E-state index contributed by atoms with van der Waals surface area (Å²) in [7, 11) is -3.00. The second-order valence-corrected chi connectivity index (χ2v) is 11.4. The molecular formula is C30H39N2OP. The molecule has 0 fully saturated rings. The van der Waals surface area contributed by atoms with Gasteiger partial charge in [-0.25, -0.2) is 9.34 Å². The normalized spacial score (nSPS) is 12.5. The summed E-state index contributed by atoms with van der Waals surface area (Å²) in [6, 6.07) is 25.5. The van der Waals surface area contributed by atoms with E-state index >= 15 is 4.57 Å². The van der Waals surface area contributed by atoms with E-state index in [4.69, 9.17) is 0 Å². The highest BCUT2D eigenvalue weighted by molar-refractivity contribution is 7.67. The first-order valence-corrected chi connectivity index (χ1v) is 14.1. The van der Waals surface area contributed by atoms with Crippen LogP contribution in [0.25, 0.3) is 11.6 Å². The average Bonchev–Trinajstić information content (AvgIpc) is 2.86. The molecule has 0 radical (unpaired) electrons. The summed E-state index contributed by atoms with van der Waals surface area (Å²) >= 11 is 0. The fourth-order valence-corrected chi connectivity index (χ4v) is 7.82. The van der Waals surface area contributed by atoms with Crippen LogP contribution in [0.3, 0.4) is 0 Å². The number of hydrogen-bond acceptors (Lipinski definition) is 1. The first-order valence-electron chi connectivity index (χ1n) is 12.4. The highest BCUT2D eigenvalue weighted by atomic mass is 31.2. The minimum absolute atomic E-state index is 0.736. The van der Waals surface area contributed by atoms with Gasteiger partial charge in [-0.3, -0.25) is 4.57 Å². The summed E-state index contributed by atoms with van der Waals surface area (Å²) in [6.07, 6.45) is 2.23. The summed E-state index contributed by atoms with van der Waals surface area (Å²) in [5, 5.41) is 0.918. The molecule has 3 rings (SSSR count). The second-order valence-electron chi connectivity index (χ2n) is 8.67. The van der Waals surface area contributed by atoms with Crippen LogP contribution in [0, 0.1) is 13.8 Å². The zero-order valence-corrected chi connectivity index (χ0v) is 22.5. The summed E-state index contributed by atoms with van der Waals surface area (Å²) in [4.78, 5) is 0. The Morgan fingerprint density at radius 3 is 1.68 bits per heavy atom. The lowest BCUT2D eigenvalue weighted by atomic mass is 9.95. The van der Waals surface area contributed by atoms with Crippen molar-refractivity contribution >= 4 is 24.4 Å². The molecule has 0 bridgehead atoms. The molecule has 4 heteroatoms. The Labute approximate surface area is 206 Å². The van der Waals surface area contributed by atoms with Crippen molar-refractivity contribution < 1.29 is 4.57 Å². The molecule has 0 aromatic heterocycles. The topological polar surface area (TPSA) is 23.6 Å². The van der Waals surface area contributed by atoms with Crippen molar-refractivity contribution in [2.24, 2.45) is 0 Å². The van der Waals surface area contributed by atoms with Gasteiger partial charge in [-0.05, 0) is 48.3 Å². The molecule has 0 amide bonds. The molecule has 0 saturated carbocycles. The van der Waals surface area contributed by atoms with E-state index in [1.807, 2.05) is 6.07 Å². The number of aryl methyl sites for hydroxylation is 2. The van der Waals surface area contributed by atoms with E-state index < -0.39 is 7.44 Å². The number of hydrogen-bond donors (Lipinski definition) is 0. The van der Waals surface area contributed by atoms with Crippen LogP contribution in [0.2, 0.25) is 0 Å². The smallest absolute Gasteiger partial charge is 0.246 e. The third-order valence-corrected chi connectivity index (χ3v) is 10.2. The van der Waals surface area contributed by atoms with E-state index in [0.29, 0.717) is 0 Å². The molecule has 0 aliphatic heterocycles. The highest BCUT2D eigenvalue weighted by Crippen LogP contribution is 2.53. The summed E-state index contributed by atoms with van der Waals surface area (Å²) < 4.78 is 19.4. The molecule has 0 N–H and O–H groups in total. The van der Waals surface area contributed by atoms with Crippen molar-refractivity contribution in [3.63, 3.8) is 0 Å². The minimum atomic E-state index is -3.00. The van der Waals surface area contributed by atoms with Crippen LogP contribution >= 0.6 is 7.44 Å². The third-order valence-electron chi connectivity index (χ3n) is 6.49. The van der Waals surface area contributed by atoms with Gasteiger partial charge in [-0.1, -0.05) is 106 Å². The zero-order chi connectivity index (χ0) is 24.7. The van der Waals surface area contributed by atoms with Gasteiger partial charge in [-0.2, -0.15) is 0 Å². The quantitative estimate of drug-likeness (QED) is 0.226. The van der Waals surface area contributed by atoms with Crippen LogP contribution in [0.15, 0.2) is 72.8 Å². The van der Waals surface area contributed by atoms with E-state index in [1.54, 1.807) is 0 Å². The third kappa shape index (κ3) is 5.44. The highest BCUT2D eigenvalue weighted by Gasteiger charge is 2.38. The van der Waals surface area contributed by atoms with Crippen molar-refractivity contribution in [1.29, 1.82) is 0 Å². The summed E-state index contributed by atoms with van der Waals surface area (Å²) in [6.45, 7) is 15.6. The van der Waals surface area contributed by atoms with Crippen molar-refractivity contribution in [1.82, 2.24) is 9.34 Å². The molecule has 0 unspecified atom stereocenters. The molecule has 0 spiro atoms. The van der Waals surface area contributed by atoms with Crippen molar-refractivity contribution in [3.05, 3.63) is 101 Å². The Balaban J connectivity index is 2.33. The van der Waals surface area contributed by atoms with Gasteiger partial charge < -0.3 is 0 Å². The fraction of sp³-hybridized carbons (Fsp3) is 0.333. The van der Waals surface area contributed by atoms with Crippen LogP contribution in [-0.2, 0) is 4.57 Å². The van der Waals surface area contributed by atoms with Crippen LogP contribution in [0.1, 0.15) is 55.5 Å². The maximum absolute atomic E-state index is 15.1. The predicted molar refractivity (Wildman–Crippen MR) is 149 cm³/mol. The van der Waals surface area contributed by atoms with Crippen LogP contribution in [0.4, 0.5) is 0 Å². The van der Waals surface area contributed by atoms with Gasteiger partial charge in [0.2, 0.25) is 7.44 Å². The molecular weight excluding hydrogens is 435 g/mol. The molecule has 34 heavy (non-hydrogen) atoms. The summed E-state index contributed by atoms with van der Waals surface area (Å²) in [5.41, 5.74) is 6.86. The molecule has 0 aliphatic rings. The molecule has 0 aliphatic carbocycles. The van der Waals surface area contributed by atoms with Crippen molar-refractivity contribution in [3.8, 4) is 0 Å². The largest absolute Gasteiger partial charge is 0.283 e. The van der Waals surface area contributed by atoms with Gasteiger partial charge in [0.1, 0.15) is 0 Å². The zero-order valence-electron chi connectivity index (χ0n) is 21.6. The lowest BCUT2D eigenvalue weighted by Crippen LogP contribution is -2.38. The minimum Gasteiger partial charge on any atom is -0.283 e. The lowest BCUT2D eigenvalue weighted by Gasteiger charge is -2.39. The Kier molecular flexibility index (Phi) is 9.08. The molecule has 3 aromatic rings. The van der Waals surface area contributed by atoms with E-state index in [-0.39, 0.29) is 0 Å². The van der Waals surface area contributed by atoms with Gasteiger partial charge in [0.05, 0.1) is 0 Å². The summed E-state index contributed by atoms with van der Waals surface area (Å²) in [5.74, 6) is 0. The van der Waals surface area contributed by atoms with Crippen LogP contribution in [-0.4, -0.2) is 35.5 Å². The molecule has 3 aromatic carbocycles. The standard InChI is InChI=1S/C30H39N2OP/c1-7-31(8-2)34(33,32(9-3)10-4)30-14-12-11-13-28(30)29(27-21-17-25(6)18-22-27)23-26-19-15-24(5)16-20-26/h11-23H,7-10H2,1-6H3/b29-23+. The van der Waals surface area contributed by atoms with Crippen LogP contribution in [0.5, 0.6) is 0 Å². The van der Waals surface area contributed by atoms with Gasteiger partial charge in [0, 0.05) is 31.5 Å². The maximum Gasteiger partial charge on any atom is 0.246 e. The van der Waals surface area contributed by atoms with Gasteiger partial charge in [-0.15, -0.1) is 0 Å². The first kappa shape index (κ1) is 26.2. The van der Waals surface area contributed by atoms with Crippen LogP contribution < -0.4 is 5.30 Å². The fourth-order valence-electron chi connectivity index (χ4n) is 4.53. The molecule has 0 saturated heterocycles. The Bertz CT molecular complexity index is 1130. The van der Waals surface area contributed by atoms with Gasteiger partial charge >= 0.3 is 0 Å². The van der Waals surface area contributed by atoms with E-state index in [2.05, 4.69) is 124 Å². The molecule has 0 heterocycles. The SMILES string of the molecule is CCN(CC)P(=O)(c1ccccc1/C(=C/c1ccc(C)cc1)c1ccc(C)cc1)N(CC)CC. The predicted octanol–water partition coefficient (Wildman–Crippen LogP) is 7.39. The number of nitrogens with zero attached hydrogens (tertiary/aromatic N) is 2. The lowest BCUT2D eigenvalue weighted by molar-refractivity contribution is 0.369. The Morgan fingerprint density at radius 2 is 1.18 bits per heavy atom. The second kappa shape index (κ2) is 11.8. The number of rotatable bonds is 10. The maximum atomic E-state index is 15.1. The molecule has 180 valence electrons. The Hall–Kier alpha value is -2.45. The molecule has 3 nitrogen and oxygen atoms in total. The van der Waals surface area contributed by atoms with Crippen molar-refractivity contribution in [2.75, 3.05) is 26.2 Å². The van der Waals surface area contributed by atoms with E-state index in [0.717, 1.165) is 53.7 Å². The van der Waals surface area contributed by atoms with E-state index in [9.17, 15) is 0 Å². The van der Waals surface area contributed by atoms with Gasteiger partial charge in [0.15, 0.2) is 0 Å². The average molecular weight is 475 g/mol. The Morgan fingerprint density at radius 1 is 0.706 bits per heavy atom. The van der Waals surface area contributed by atoms with E-state index in [1.165, 1.54) is 11.1 Å². The first-order chi connectivity index (χ1) is 16.4. The van der Waals surface area contributed by atoms with Gasteiger partial charge in [0.25, 0.3) is 0 Å². The van der Waals surface area contributed by atoms with Crippen molar-refractivity contribution in [2.45, 2.75) is 41.5 Å².